The summed E-state index contributed by atoms with van der Waals surface area (Å²) in [5.74, 6) is 0.0902. The Hall–Kier alpha value is -0.890. The Morgan fingerprint density at radius 3 is 2.46 bits per heavy atom. The van der Waals surface area contributed by atoms with Gasteiger partial charge < -0.3 is 15.8 Å². The zero-order chi connectivity index (χ0) is 18.4. The van der Waals surface area contributed by atoms with Crippen LogP contribution in [0.3, 0.4) is 0 Å². The number of halogens is 2. The van der Waals surface area contributed by atoms with Crippen LogP contribution in [0, 0.1) is 5.41 Å². The Morgan fingerprint density at radius 2 is 1.82 bits per heavy atom. The van der Waals surface area contributed by atoms with E-state index in [0.29, 0.717) is 19.6 Å². The summed E-state index contributed by atoms with van der Waals surface area (Å²) in [6.45, 7) is 10.2. The van der Waals surface area contributed by atoms with Crippen molar-refractivity contribution >= 4 is 30.7 Å². The molecule has 0 saturated carbocycles. The Kier molecular flexibility index (Phi) is 10.7. The monoisotopic (exact) mass is 432 g/mol. The van der Waals surface area contributed by atoms with Gasteiger partial charge in [0.25, 0.3) is 0 Å². The summed E-state index contributed by atoms with van der Waals surface area (Å²) < 4.78 is 5.42. The summed E-state index contributed by atoms with van der Waals surface area (Å²) in [4.78, 5) is 17.0. The van der Waals surface area contributed by atoms with E-state index >= 15 is 0 Å². The van der Waals surface area contributed by atoms with Crippen molar-refractivity contribution in [1.82, 2.24) is 15.1 Å². The number of rotatable bonds is 7. The number of carbonyl (C=O) groups excluding carboxylic acids is 1. The highest BCUT2D eigenvalue weighted by Crippen LogP contribution is 2.27. The van der Waals surface area contributed by atoms with Gasteiger partial charge in [-0.25, -0.2) is 0 Å². The summed E-state index contributed by atoms with van der Waals surface area (Å²) in [5, 5.41) is 3.09. The van der Waals surface area contributed by atoms with Crippen LogP contribution in [0.25, 0.3) is 0 Å². The van der Waals surface area contributed by atoms with Crippen molar-refractivity contribution in [1.29, 1.82) is 0 Å². The van der Waals surface area contributed by atoms with Gasteiger partial charge >= 0.3 is 0 Å². The fourth-order valence-electron chi connectivity index (χ4n) is 3.76. The lowest BCUT2D eigenvalue weighted by Gasteiger charge is -2.27. The van der Waals surface area contributed by atoms with E-state index in [1.165, 1.54) is 11.1 Å². The molecule has 1 atom stereocenters. The number of likely N-dealkylation sites (tertiary alicyclic amines) is 1. The van der Waals surface area contributed by atoms with Crippen LogP contribution in [0.5, 0.6) is 0 Å². The standard InChI is InChI=1S/C20H32N4O2.2ClH/c1-20(15-21)6-7-24(16-20)14-19(25)22-12-17-4-2-3-5-18(17)13-23-8-10-26-11-9-23;;/h2-5H,6-16,21H2,1H3,(H,22,25);2*1H. The number of ether oxygens (including phenoxy) is 1. The van der Waals surface area contributed by atoms with Crippen LogP contribution >= 0.6 is 24.8 Å². The molecule has 2 saturated heterocycles. The number of nitrogens with two attached hydrogens (primary N) is 1. The normalized spacial score (nSPS) is 22.9. The highest BCUT2D eigenvalue weighted by molar-refractivity contribution is 5.85. The van der Waals surface area contributed by atoms with Crippen LogP contribution in [-0.2, 0) is 22.6 Å². The second-order valence-corrected chi connectivity index (χ2v) is 7.91. The minimum absolute atomic E-state index is 0. The van der Waals surface area contributed by atoms with Crippen molar-refractivity contribution in [2.45, 2.75) is 26.4 Å². The van der Waals surface area contributed by atoms with Gasteiger partial charge in [0, 0.05) is 32.7 Å². The molecular formula is C20H34Cl2N4O2. The van der Waals surface area contributed by atoms with Gasteiger partial charge in [-0.3, -0.25) is 14.6 Å². The first-order chi connectivity index (χ1) is 12.6. The van der Waals surface area contributed by atoms with Gasteiger partial charge in [0.15, 0.2) is 0 Å². The molecule has 0 aliphatic carbocycles. The number of amides is 1. The summed E-state index contributed by atoms with van der Waals surface area (Å²) in [7, 11) is 0. The van der Waals surface area contributed by atoms with Crippen LogP contribution in [0.1, 0.15) is 24.5 Å². The van der Waals surface area contributed by atoms with E-state index in [4.69, 9.17) is 10.5 Å². The molecule has 1 unspecified atom stereocenters. The molecule has 2 heterocycles. The first-order valence-corrected chi connectivity index (χ1v) is 9.64. The molecule has 3 rings (SSSR count). The van der Waals surface area contributed by atoms with Crippen LogP contribution in [0.2, 0.25) is 0 Å². The van der Waals surface area contributed by atoms with Gasteiger partial charge in [0.2, 0.25) is 5.91 Å². The number of carbonyl (C=O) groups is 1. The van der Waals surface area contributed by atoms with E-state index < -0.39 is 0 Å². The zero-order valence-corrected chi connectivity index (χ0v) is 18.3. The molecule has 3 N–H and O–H groups in total. The second-order valence-electron chi connectivity index (χ2n) is 7.91. The van der Waals surface area contributed by atoms with Gasteiger partial charge in [-0.15, -0.1) is 24.8 Å². The third kappa shape index (κ3) is 7.17. The van der Waals surface area contributed by atoms with E-state index in [1.807, 2.05) is 6.07 Å². The fraction of sp³-hybridized carbons (Fsp3) is 0.650. The smallest absolute Gasteiger partial charge is 0.234 e. The Labute approximate surface area is 181 Å². The summed E-state index contributed by atoms with van der Waals surface area (Å²) in [6, 6.07) is 8.37. The topological polar surface area (TPSA) is 70.8 Å². The minimum atomic E-state index is 0. The largest absolute Gasteiger partial charge is 0.379 e. The predicted octanol–water partition coefficient (Wildman–Crippen LogP) is 1.65. The van der Waals surface area contributed by atoms with Gasteiger partial charge in [-0.1, -0.05) is 31.2 Å². The summed E-state index contributed by atoms with van der Waals surface area (Å²) >= 11 is 0. The molecule has 0 radical (unpaired) electrons. The lowest BCUT2D eigenvalue weighted by Crippen LogP contribution is -2.38. The van der Waals surface area contributed by atoms with Gasteiger partial charge in [-0.05, 0) is 36.1 Å². The van der Waals surface area contributed by atoms with Crippen LogP contribution in [0.15, 0.2) is 24.3 Å². The van der Waals surface area contributed by atoms with E-state index in [2.05, 4.69) is 40.2 Å². The fourth-order valence-corrected chi connectivity index (χ4v) is 3.76. The van der Waals surface area contributed by atoms with E-state index in [9.17, 15) is 4.79 Å². The van der Waals surface area contributed by atoms with Crippen molar-refractivity contribution in [3.63, 3.8) is 0 Å². The van der Waals surface area contributed by atoms with Crippen LogP contribution < -0.4 is 11.1 Å². The maximum absolute atomic E-state index is 12.4. The number of benzene rings is 1. The number of nitrogens with zero attached hydrogens (tertiary/aromatic N) is 2. The highest BCUT2D eigenvalue weighted by Gasteiger charge is 2.33. The van der Waals surface area contributed by atoms with Crippen molar-refractivity contribution in [3.8, 4) is 0 Å². The first-order valence-electron chi connectivity index (χ1n) is 9.64. The molecular weight excluding hydrogens is 399 g/mol. The Bertz CT molecular complexity index is 614. The average Bonchev–Trinajstić information content (AvgIpc) is 3.03. The third-order valence-corrected chi connectivity index (χ3v) is 5.59. The first kappa shape index (κ1) is 25.1. The van der Waals surface area contributed by atoms with Crippen molar-refractivity contribution < 1.29 is 9.53 Å². The molecule has 1 aromatic carbocycles. The highest BCUT2D eigenvalue weighted by atomic mass is 35.5. The molecule has 0 aromatic heterocycles. The Balaban J connectivity index is 0.00000196. The average molecular weight is 433 g/mol. The Morgan fingerprint density at radius 1 is 1.14 bits per heavy atom. The molecule has 2 aliphatic rings. The summed E-state index contributed by atoms with van der Waals surface area (Å²) in [6.07, 6.45) is 1.07. The van der Waals surface area contributed by atoms with E-state index in [0.717, 1.165) is 52.4 Å². The molecule has 1 amide bonds. The van der Waals surface area contributed by atoms with Crippen LogP contribution in [-0.4, -0.2) is 68.2 Å². The number of hydrogen-bond donors (Lipinski definition) is 2. The predicted molar refractivity (Wildman–Crippen MR) is 117 cm³/mol. The van der Waals surface area contributed by atoms with Crippen molar-refractivity contribution in [2.75, 3.05) is 52.5 Å². The molecule has 0 spiro atoms. The number of morpholine rings is 1. The minimum Gasteiger partial charge on any atom is -0.379 e. The second kappa shape index (κ2) is 12.0. The SMILES string of the molecule is CC1(CN)CCN(CC(=O)NCc2ccccc2CN2CCOCC2)C1.Cl.Cl. The van der Waals surface area contributed by atoms with Crippen molar-refractivity contribution in [2.24, 2.45) is 11.1 Å². The molecule has 1 aromatic rings. The van der Waals surface area contributed by atoms with Crippen molar-refractivity contribution in [3.05, 3.63) is 35.4 Å². The zero-order valence-electron chi connectivity index (χ0n) is 16.7. The molecule has 28 heavy (non-hydrogen) atoms. The maximum Gasteiger partial charge on any atom is 0.234 e. The molecule has 2 fully saturated rings. The van der Waals surface area contributed by atoms with Gasteiger partial charge in [-0.2, -0.15) is 0 Å². The molecule has 0 bridgehead atoms. The molecule has 6 nitrogen and oxygen atoms in total. The summed E-state index contributed by atoms with van der Waals surface area (Å²) in [5.41, 5.74) is 8.49. The van der Waals surface area contributed by atoms with E-state index in [1.54, 1.807) is 0 Å². The lowest BCUT2D eigenvalue weighted by atomic mass is 9.90. The van der Waals surface area contributed by atoms with Gasteiger partial charge in [0.05, 0.1) is 19.8 Å². The number of nitrogens with one attached hydrogen (secondary N) is 1. The van der Waals surface area contributed by atoms with Gasteiger partial charge in [0.1, 0.15) is 0 Å². The molecule has 8 heteroatoms. The molecule has 160 valence electrons. The number of hydrogen-bond acceptors (Lipinski definition) is 5. The van der Waals surface area contributed by atoms with Crippen LogP contribution in [0.4, 0.5) is 0 Å². The quantitative estimate of drug-likeness (QED) is 0.685. The lowest BCUT2D eigenvalue weighted by molar-refractivity contribution is -0.122. The van der Waals surface area contributed by atoms with E-state index in [-0.39, 0.29) is 36.1 Å². The molecule has 2 aliphatic heterocycles. The maximum atomic E-state index is 12.4. The third-order valence-electron chi connectivity index (χ3n) is 5.59.